The van der Waals surface area contributed by atoms with E-state index in [1.54, 1.807) is 6.07 Å². The lowest BCUT2D eigenvalue weighted by molar-refractivity contribution is 0.328. The Kier molecular flexibility index (Phi) is 3.99. The van der Waals surface area contributed by atoms with Crippen molar-refractivity contribution in [3.63, 3.8) is 0 Å². The van der Waals surface area contributed by atoms with Crippen LogP contribution in [0, 0.1) is 17.1 Å². The number of halogens is 3. The minimum Gasteiger partial charge on any atom is -0.489 e. The van der Waals surface area contributed by atoms with E-state index in [0.29, 0.717) is 5.75 Å². The Bertz CT molecular complexity index is 364. The first kappa shape index (κ1) is 11.1. The molecule has 14 heavy (non-hydrogen) atoms. The highest BCUT2D eigenvalue weighted by Gasteiger charge is 2.06. The van der Waals surface area contributed by atoms with Crippen molar-refractivity contribution in [2.24, 2.45) is 0 Å². The van der Waals surface area contributed by atoms with Gasteiger partial charge < -0.3 is 4.74 Å². The zero-order chi connectivity index (χ0) is 10.6. The van der Waals surface area contributed by atoms with E-state index in [0.717, 1.165) is 6.07 Å². The molecule has 0 amide bonds. The van der Waals surface area contributed by atoms with E-state index in [-0.39, 0.29) is 11.6 Å². The Morgan fingerprint density at radius 1 is 1.57 bits per heavy atom. The third-order valence-electron chi connectivity index (χ3n) is 1.42. The molecule has 74 valence electrons. The van der Waals surface area contributed by atoms with Crippen LogP contribution in [0.1, 0.15) is 0 Å². The summed E-state index contributed by atoms with van der Waals surface area (Å²) in [7, 11) is 0. The Labute approximate surface area is 90.8 Å². The first-order chi connectivity index (χ1) is 6.63. The van der Waals surface area contributed by atoms with Gasteiger partial charge in [-0.2, -0.15) is 5.26 Å². The number of alkyl halides is 1. The largest absolute Gasteiger partial charge is 0.489 e. The SMILES string of the molecule is N#CC(Cl)COc1ccc(F)cc1Cl. The maximum Gasteiger partial charge on any atom is 0.154 e. The van der Waals surface area contributed by atoms with Crippen LogP contribution in [0.3, 0.4) is 0 Å². The standard InChI is InChI=1S/C9H6Cl2FNO/c10-6(4-13)5-14-9-2-1-7(12)3-8(9)11/h1-3,6H,5H2. The van der Waals surface area contributed by atoms with Crippen molar-refractivity contribution in [3.05, 3.63) is 29.0 Å². The van der Waals surface area contributed by atoms with Gasteiger partial charge in [-0.05, 0) is 18.2 Å². The van der Waals surface area contributed by atoms with E-state index >= 15 is 0 Å². The molecule has 0 saturated heterocycles. The van der Waals surface area contributed by atoms with Gasteiger partial charge in [0.2, 0.25) is 0 Å². The highest BCUT2D eigenvalue weighted by Crippen LogP contribution is 2.25. The molecule has 1 aromatic rings. The second-order valence-electron chi connectivity index (χ2n) is 2.48. The minimum atomic E-state index is -0.740. The number of ether oxygens (including phenoxy) is 1. The highest BCUT2D eigenvalue weighted by atomic mass is 35.5. The van der Waals surface area contributed by atoms with Crippen LogP contribution >= 0.6 is 23.2 Å². The first-order valence-corrected chi connectivity index (χ1v) is 4.56. The Hall–Kier alpha value is -0.980. The number of benzene rings is 1. The smallest absolute Gasteiger partial charge is 0.154 e. The molecule has 0 aromatic heterocycles. The fourth-order valence-electron chi connectivity index (χ4n) is 0.792. The Morgan fingerprint density at radius 3 is 2.86 bits per heavy atom. The van der Waals surface area contributed by atoms with Gasteiger partial charge in [-0.3, -0.25) is 0 Å². The predicted molar refractivity (Wildman–Crippen MR) is 52.2 cm³/mol. The number of nitriles is 1. The molecule has 1 aromatic carbocycles. The van der Waals surface area contributed by atoms with Crippen LogP contribution < -0.4 is 4.74 Å². The average molecular weight is 234 g/mol. The van der Waals surface area contributed by atoms with Crippen LogP contribution in [0.2, 0.25) is 5.02 Å². The topological polar surface area (TPSA) is 33.0 Å². The predicted octanol–water partition coefficient (Wildman–Crippen LogP) is 2.99. The van der Waals surface area contributed by atoms with Gasteiger partial charge in [-0.25, -0.2) is 4.39 Å². The van der Waals surface area contributed by atoms with Gasteiger partial charge in [0.15, 0.2) is 5.38 Å². The van der Waals surface area contributed by atoms with Gasteiger partial charge in [0.25, 0.3) is 0 Å². The number of hydrogen-bond acceptors (Lipinski definition) is 2. The third kappa shape index (κ3) is 3.06. The van der Waals surface area contributed by atoms with E-state index in [9.17, 15) is 4.39 Å². The van der Waals surface area contributed by atoms with Gasteiger partial charge in [0.1, 0.15) is 18.2 Å². The van der Waals surface area contributed by atoms with Gasteiger partial charge >= 0.3 is 0 Å². The lowest BCUT2D eigenvalue weighted by Crippen LogP contribution is -2.09. The molecule has 1 rings (SSSR count). The molecule has 1 atom stereocenters. The zero-order valence-electron chi connectivity index (χ0n) is 7.01. The van der Waals surface area contributed by atoms with E-state index in [1.165, 1.54) is 12.1 Å². The van der Waals surface area contributed by atoms with E-state index in [1.807, 2.05) is 0 Å². The molecule has 0 aliphatic carbocycles. The molecule has 2 nitrogen and oxygen atoms in total. The van der Waals surface area contributed by atoms with Gasteiger partial charge in [-0.15, -0.1) is 11.6 Å². The van der Waals surface area contributed by atoms with Gasteiger partial charge in [0, 0.05) is 0 Å². The van der Waals surface area contributed by atoms with E-state index in [2.05, 4.69) is 0 Å². The molecular formula is C9H6Cl2FNO. The second-order valence-corrected chi connectivity index (χ2v) is 3.42. The second kappa shape index (κ2) is 5.04. The summed E-state index contributed by atoms with van der Waals surface area (Å²) in [4.78, 5) is 0. The summed E-state index contributed by atoms with van der Waals surface area (Å²) in [5, 5.41) is 7.79. The third-order valence-corrected chi connectivity index (χ3v) is 1.94. The quantitative estimate of drug-likeness (QED) is 0.753. The summed E-state index contributed by atoms with van der Waals surface area (Å²) in [5.41, 5.74) is 0. The van der Waals surface area contributed by atoms with Crippen molar-refractivity contribution >= 4 is 23.2 Å². The summed E-state index contributed by atoms with van der Waals surface area (Å²) in [5.74, 6) is -0.126. The first-order valence-electron chi connectivity index (χ1n) is 3.75. The number of hydrogen-bond donors (Lipinski definition) is 0. The number of rotatable bonds is 3. The van der Waals surface area contributed by atoms with Crippen molar-refractivity contribution in [1.29, 1.82) is 5.26 Å². The lowest BCUT2D eigenvalue weighted by Gasteiger charge is -2.07. The molecule has 0 fully saturated rings. The number of nitrogens with zero attached hydrogens (tertiary/aromatic N) is 1. The summed E-state index contributed by atoms with van der Waals surface area (Å²) in [6.07, 6.45) is 0. The maximum atomic E-state index is 12.6. The molecule has 0 saturated carbocycles. The molecule has 5 heteroatoms. The summed E-state index contributed by atoms with van der Waals surface area (Å²) in [6.45, 7) is 0.0173. The van der Waals surface area contributed by atoms with E-state index in [4.69, 9.17) is 33.2 Å². The molecule has 0 N–H and O–H groups in total. The van der Waals surface area contributed by atoms with Gasteiger partial charge in [-0.1, -0.05) is 11.6 Å². The molecule has 0 spiro atoms. The Balaban J connectivity index is 2.64. The molecule has 0 bridgehead atoms. The molecule has 0 aliphatic rings. The highest BCUT2D eigenvalue weighted by molar-refractivity contribution is 6.32. The lowest BCUT2D eigenvalue weighted by atomic mass is 10.3. The van der Waals surface area contributed by atoms with Gasteiger partial charge in [0.05, 0.1) is 11.1 Å². The maximum absolute atomic E-state index is 12.6. The van der Waals surface area contributed by atoms with Crippen molar-refractivity contribution in [2.75, 3.05) is 6.61 Å². The van der Waals surface area contributed by atoms with E-state index < -0.39 is 11.2 Å². The minimum absolute atomic E-state index is 0.0173. The van der Waals surface area contributed by atoms with Crippen LogP contribution in [-0.2, 0) is 0 Å². The van der Waals surface area contributed by atoms with Crippen molar-refractivity contribution in [1.82, 2.24) is 0 Å². The van der Waals surface area contributed by atoms with Crippen molar-refractivity contribution in [2.45, 2.75) is 5.38 Å². The molecule has 0 heterocycles. The van der Waals surface area contributed by atoms with Crippen LogP contribution in [0.15, 0.2) is 18.2 Å². The molecule has 1 unspecified atom stereocenters. The summed E-state index contributed by atoms with van der Waals surface area (Å²) >= 11 is 11.2. The average Bonchev–Trinajstić information content (AvgIpc) is 2.16. The monoisotopic (exact) mass is 233 g/mol. The fraction of sp³-hybridized carbons (Fsp3) is 0.222. The molecule has 0 radical (unpaired) electrons. The fourth-order valence-corrected chi connectivity index (χ4v) is 1.08. The van der Waals surface area contributed by atoms with Crippen molar-refractivity contribution < 1.29 is 9.13 Å². The Morgan fingerprint density at radius 2 is 2.29 bits per heavy atom. The summed E-state index contributed by atoms with van der Waals surface area (Å²) in [6, 6.07) is 5.53. The normalized spacial score (nSPS) is 11.9. The van der Waals surface area contributed by atoms with Crippen LogP contribution in [-0.4, -0.2) is 12.0 Å². The van der Waals surface area contributed by atoms with Crippen LogP contribution in [0.25, 0.3) is 0 Å². The van der Waals surface area contributed by atoms with Crippen molar-refractivity contribution in [3.8, 4) is 11.8 Å². The zero-order valence-corrected chi connectivity index (χ0v) is 8.52. The van der Waals surface area contributed by atoms with Crippen LogP contribution in [0.5, 0.6) is 5.75 Å². The molecule has 0 aliphatic heterocycles. The molecular weight excluding hydrogens is 228 g/mol. The van der Waals surface area contributed by atoms with Crippen LogP contribution in [0.4, 0.5) is 4.39 Å². The summed E-state index contributed by atoms with van der Waals surface area (Å²) < 4.78 is 17.7.